The van der Waals surface area contributed by atoms with Crippen molar-refractivity contribution >= 4 is 11.8 Å². The van der Waals surface area contributed by atoms with Gasteiger partial charge in [0.1, 0.15) is 5.75 Å². The molecule has 5 heteroatoms. The molecule has 0 radical (unpaired) electrons. The van der Waals surface area contributed by atoms with E-state index in [0.29, 0.717) is 16.9 Å². The Kier molecular flexibility index (Phi) is 5.29. The van der Waals surface area contributed by atoms with Gasteiger partial charge in [0, 0.05) is 11.1 Å². The van der Waals surface area contributed by atoms with Crippen LogP contribution < -0.4 is 15.6 Å². The number of hydrazine groups is 1. The van der Waals surface area contributed by atoms with E-state index in [-0.39, 0.29) is 5.91 Å². The van der Waals surface area contributed by atoms with Crippen LogP contribution in [0.2, 0.25) is 0 Å². The van der Waals surface area contributed by atoms with Gasteiger partial charge in [0.2, 0.25) is 0 Å². The molecule has 0 saturated heterocycles. The molecule has 3 aromatic rings. The highest BCUT2D eigenvalue weighted by molar-refractivity contribution is 5.99. The minimum Gasteiger partial charge on any atom is -0.497 e. The largest absolute Gasteiger partial charge is 0.497 e. The molecule has 0 saturated carbocycles. The summed E-state index contributed by atoms with van der Waals surface area (Å²) in [6.07, 6.45) is 0. The Balaban J connectivity index is 1.62. The Morgan fingerprint density at radius 2 is 1.31 bits per heavy atom. The lowest BCUT2D eigenvalue weighted by Gasteiger charge is -2.09. The molecule has 3 rings (SSSR count). The first kappa shape index (κ1) is 17.2. The van der Waals surface area contributed by atoms with Crippen molar-refractivity contribution in [2.45, 2.75) is 0 Å². The van der Waals surface area contributed by atoms with Crippen molar-refractivity contribution in [1.82, 2.24) is 10.9 Å². The molecule has 0 aromatic heterocycles. The number of hydrogen-bond donors (Lipinski definition) is 2. The number of methoxy groups -OCH3 is 1. The van der Waals surface area contributed by atoms with Gasteiger partial charge in [-0.3, -0.25) is 20.4 Å². The molecule has 2 amide bonds. The van der Waals surface area contributed by atoms with E-state index in [1.165, 1.54) is 7.11 Å². The number of ether oxygens (including phenoxy) is 1. The molecular weight excluding hydrogens is 328 g/mol. The fourth-order valence-corrected chi connectivity index (χ4v) is 2.47. The van der Waals surface area contributed by atoms with Crippen LogP contribution in [0.15, 0.2) is 78.9 Å². The number of benzene rings is 3. The lowest BCUT2D eigenvalue weighted by Crippen LogP contribution is -2.41. The second-order valence-electron chi connectivity index (χ2n) is 5.58. The second-order valence-corrected chi connectivity index (χ2v) is 5.58. The Labute approximate surface area is 151 Å². The molecular formula is C21H18N2O3. The van der Waals surface area contributed by atoms with E-state index in [4.69, 9.17) is 4.74 Å². The Morgan fingerprint density at radius 1 is 0.692 bits per heavy atom. The molecule has 5 nitrogen and oxygen atoms in total. The molecule has 26 heavy (non-hydrogen) atoms. The van der Waals surface area contributed by atoms with Gasteiger partial charge in [0.15, 0.2) is 0 Å². The SMILES string of the molecule is COc1cccc(C(=O)NNC(=O)c2ccc(-c3ccccc3)cc2)c1. The highest BCUT2D eigenvalue weighted by Gasteiger charge is 2.10. The molecule has 130 valence electrons. The van der Waals surface area contributed by atoms with Crippen molar-refractivity contribution in [3.8, 4) is 16.9 Å². The predicted octanol–water partition coefficient (Wildman–Crippen LogP) is 3.44. The maximum atomic E-state index is 12.2. The van der Waals surface area contributed by atoms with Crippen molar-refractivity contribution in [2.75, 3.05) is 7.11 Å². The van der Waals surface area contributed by atoms with Gasteiger partial charge in [-0.1, -0.05) is 48.5 Å². The number of hydrogen-bond acceptors (Lipinski definition) is 3. The molecule has 2 N–H and O–H groups in total. The van der Waals surface area contributed by atoms with Crippen molar-refractivity contribution in [2.24, 2.45) is 0 Å². The summed E-state index contributed by atoms with van der Waals surface area (Å²) in [4.78, 5) is 24.3. The van der Waals surface area contributed by atoms with E-state index in [2.05, 4.69) is 10.9 Å². The second kappa shape index (κ2) is 7.98. The van der Waals surface area contributed by atoms with E-state index in [9.17, 15) is 9.59 Å². The minimum atomic E-state index is -0.418. The van der Waals surface area contributed by atoms with Gasteiger partial charge < -0.3 is 4.74 Å². The fraction of sp³-hybridized carbons (Fsp3) is 0.0476. The highest BCUT2D eigenvalue weighted by atomic mass is 16.5. The summed E-state index contributed by atoms with van der Waals surface area (Å²) < 4.78 is 5.08. The van der Waals surface area contributed by atoms with Gasteiger partial charge in [0.05, 0.1) is 7.11 Å². The summed E-state index contributed by atoms with van der Waals surface area (Å²) in [6, 6.07) is 23.7. The van der Waals surface area contributed by atoms with Gasteiger partial charge in [0.25, 0.3) is 11.8 Å². The van der Waals surface area contributed by atoms with Gasteiger partial charge in [-0.2, -0.15) is 0 Å². The van der Waals surface area contributed by atoms with Crippen LogP contribution in [0.1, 0.15) is 20.7 Å². The molecule has 0 aliphatic heterocycles. The van der Waals surface area contributed by atoms with Crippen molar-refractivity contribution < 1.29 is 14.3 Å². The maximum Gasteiger partial charge on any atom is 0.269 e. The molecule has 3 aromatic carbocycles. The highest BCUT2D eigenvalue weighted by Crippen LogP contribution is 2.19. The number of rotatable bonds is 4. The third-order valence-corrected chi connectivity index (χ3v) is 3.88. The van der Waals surface area contributed by atoms with Crippen molar-refractivity contribution in [3.05, 3.63) is 90.0 Å². The Hall–Kier alpha value is -3.60. The zero-order chi connectivity index (χ0) is 18.4. The summed E-state index contributed by atoms with van der Waals surface area (Å²) >= 11 is 0. The smallest absolute Gasteiger partial charge is 0.269 e. The van der Waals surface area contributed by atoms with Crippen LogP contribution in [-0.4, -0.2) is 18.9 Å². The third-order valence-electron chi connectivity index (χ3n) is 3.88. The molecule has 0 heterocycles. The monoisotopic (exact) mass is 346 g/mol. The fourth-order valence-electron chi connectivity index (χ4n) is 2.47. The number of carbonyl (C=O) groups excluding carboxylic acids is 2. The molecule has 0 unspecified atom stereocenters. The van der Waals surface area contributed by atoms with Gasteiger partial charge >= 0.3 is 0 Å². The number of amides is 2. The molecule has 0 aliphatic rings. The van der Waals surface area contributed by atoms with Crippen LogP contribution in [0.5, 0.6) is 5.75 Å². The lowest BCUT2D eigenvalue weighted by atomic mass is 10.0. The van der Waals surface area contributed by atoms with Gasteiger partial charge in [-0.25, -0.2) is 0 Å². The summed E-state index contributed by atoms with van der Waals surface area (Å²) in [7, 11) is 1.53. The van der Waals surface area contributed by atoms with Crippen LogP contribution in [-0.2, 0) is 0 Å². The molecule has 0 spiro atoms. The van der Waals surface area contributed by atoms with E-state index >= 15 is 0 Å². The van der Waals surface area contributed by atoms with Gasteiger partial charge in [-0.15, -0.1) is 0 Å². The third kappa shape index (κ3) is 4.08. The zero-order valence-electron chi connectivity index (χ0n) is 14.2. The summed E-state index contributed by atoms with van der Waals surface area (Å²) in [5.41, 5.74) is 7.75. The summed E-state index contributed by atoms with van der Waals surface area (Å²) in [5.74, 6) is -0.237. The van der Waals surface area contributed by atoms with Crippen LogP contribution in [0, 0.1) is 0 Å². The van der Waals surface area contributed by atoms with Crippen LogP contribution >= 0.6 is 0 Å². The van der Waals surface area contributed by atoms with Crippen molar-refractivity contribution in [3.63, 3.8) is 0 Å². The quantitative estimate of drug-likeness (QED) is 0.711. The van der Waals surface area contributed by atoms with E-state index < -0.39 is 5.91 Å². The zero-order valence-corrected chi connectivity index (χ0v) is 14.2. The number of nitrogens with one attached hydrogen (secondary N) is 2. The predicted molar refractivity (Wildman–Crippen MR) is 99.8 cm³/mol. The average molecular weight is 346 g/mol. The Morgan fingerprint density at radius 3 is 1.96 bits per heavy atom. The summed E-state index contributed by atoms with van der Waals surface area (Å²) in [6.45, 7) is 0. The number of carbonyl (C=O) groups is 2. The van der Waals surface area contributed by atoms with E-state index in [1.54, 1.807) is 36.4 Å². The van der Waals surface area contributed by atoms with Crippen LogP contribution in [0.4, 0.5) is 0 Å². The molecule has 0 aliphatic carbocycles. The lowest BCUT2D eigenvalue weighted by molar-refractivity contribution is 0.0846. The first-order chi connectivity index (χ1) is 12.7. The van der Waals surface area contributed by atoms with E-state index in [0.717, 1.165) is 11.1 Å². The molecule has 0 bridgehead atoms. The van der Waals surface area contributed by atoms with Gasteiger partial charge in [-0.05, 0) is 41.5 Å². The first-order valence-electron chi connectivity index (χ1n) is 8.07. The van der Waals surface area contributed by atoms with Crippen LogP contribution in [0.25, 0.3) is 11.1 Å². The summed E-state index contributed by atoms with van der Waals surface area (Å²) in [5, 5.41) is 0. The maximum absolute atomic E-state index is 12.2. The Bertz CT molecular complexity index is 906. The topological polar surface area (TPSA) is 67.4 Å². The standard InChI is InChI=1S/C21H18N2O3/c1-26-19-9-5-8-18(14-19)21(25)23-22-20(24)17-12-10-16(11-13-17)15-6-3-2-4-7-15/h2-14H,1H3,(H,22,24)(H,23,25). The van der Waals surface area contributed by atoms with Crippen LogP contribution in [0.3, 0.4) is 0 Å². The normalized spacial score (nSPS) is 10.0. The molecule has 0 fully saturated rings. The van der Waals surface area contributed by atoms with Crippen molar-refractivity contribution in [1.29, 1.82) is 0 Å². The first-order valence-corrected chi connectivity index (χ1v) is 8.07. The average Bonchev–Trinajstić information content (AvgIpc) is 2.72. The molecule has 0 atom stereocenters. The van der Waals surface area contributed by atoms with E-state index in [1.807, 2.05) is 42.5 Å². The minimum absolute atomic E-state index is 0.388.